The number of halogens is 1. The number of nitrogens with zero attached hydrogens (tertiary/aromatic N) is 2. The SMILES string of the molecule is CCNc1nc(C2(OC)CCOCC2)nc(C(C)C)c1Br. The highest BCUT2D eigenvalue weighted by atomic mass is 79.9. The van der Waals surface area contributed by atoms with Crippen molar-refractivity contribution in [2.45, 2.75) is 45.1 Å². The number of nitrogens with one attached hydrogen (secondary N) is 1. The third-order valence-electron chi connectivity index (χ3n) is 3.87. The van der Waals surface area contributed by atoms with E-state index < -0.39 is 5.60 Å². The van der Waals surface area contributed by atoms with Gasteiger partial charge in [0.1, 0.15) is 11.4 Å². The van der Waals surface area contributed by atoms with Crippen LogP contribution in [0.15, 0.2) is 4.47 Å². The standard InChI is InChI=1S/C15H24BrN3O2/c1-5-17-13-11(16)12(10(2)3)18-14(19-13)15(20-4)6-8-21-9-7-15/h10H,5-9H2,1-4H3,(H,17,18,19). The molecular formula is C15H24BrN3O2. The maximum atomic E-state index is 5.82. The third kappa shape index (κ3) is 3.38. The summed E-state index contributed by atoms with van der Waals surface area (Å²) in [6, 6.07) is 0. The van der Waals surface area contributed by atoms with Crippen molar-refractivity contribution in [3.63, 3.8) is 0 Å². The normalized spacial score (nSPS) is 18.0. The van der Waals surface area contributed by atoms with Crippen LogP contribution in [0.2, 0.25) is 0 Å². The van der Waals surface area contributed by atoms with Gasteiger partial charge >= 0.3 is 0 Å². The lowest BCUT2D eigenvalue weighted by atomic mass is 9.92. The Hall–Kier alpha value is -0.720. The first-order valence-electron chi connectivity index (χ1n) is 7.48. The predicted molar refractivity (Wildman–Crippen MR) is 86.7 cm³/mol. The van der Waals surface area contributed by atoms with Crippen LogP contribution < -0.4 is 5.32 Å². The van der Waals surface area contributed by atoms with Crippen LogP contribution in [0.25, 0.3) is 0 Å². The van der Waals surface area contributed by atoms with Crippen molar-refractivity contribution in [2.75, 3.05) is 32.2 Å². The Morgan fingerprint density at radius 3 is 2.52 bits per heavy atom. The lowest BCUT2D eigenvalue weighted by Gasteiger charge is -2.35. The zero-order valence-electron chi connectivity index (χ0n) is 13.2. The molecule has 1 aromatic rings. The van der Waals surface area contributed by atoms with Crippen LogP contribution in [0.3, 0.4) is 0 Å². The van der Waals surface area contributed by atoms with E-state index in [2.05, 4.69) is 42.0 Å². The number of aromatic nitrogens is 2. The fraction of sp³-hybridized carbons (Fsp3) is 0.733. The van der Waals surface area contributed by atoms with Crippen molar-refractivity contribution >= 4 is 21.7 Å². The van der Waals surface area contributed by atoms with Gasteiger partial charge in [-0.15, -0.1) is 0 Å². The van der Waals surface area contributed by atoms with E-state index in [0.29, 0.717) is 19.1 Å². The predicted octanol–water partition coefficient (Wildman–Crippen LogP) is 3.45. The molecule has 0 amide bonds. The first-order chi connectivity index (χ1) is 10.0. The summed E-state index contributed by atoms with van der Waals surface area (Å²) < 4.78 is 12.2. The van der Waals surface area contributed by atoms with E-state index in [9.17, 15) is 0 Å². The van der Waals surface area contributed by atoms with Gasteiger partial charge in [0.15, 0.2) is 5.82 Å². The van der Waals surface area contributed by atoms with E-state index in [-0.39, 0.29) is 0 Å². The molecule has 1 aliphatic heterocycles. The van der Waals surface area contributed by atoms with E-state index in [1.54, 1.807) is 7.11 Å². The molecule has 2 heterocycles. The molecule has 118 valence electrons. The number of hydrogen-bond acceptors (Lipinski definition) is 5. The first-order valence-corrected chi connectivity index (χ1v) is 8.28. The van der Waals surface area contributed by atoms with Crippen LogP contribution >= 0.6 is 15.9 Å². The molecule has 0 radical (unpaired) electrons. The molecule has 0 atom stereocenters. The zero-order chi connectivity index (χ0) is 15.5. The average Bonchev–Trinajstić information content (AvgIpc) is 2.49. The van der Waals surface area contributed by atoms with Crippen molar-refractivity contribution in [2.24, 2.45) is 0 Å². The highest BCUT2D eigenvalue weighted by molar-refractivity contribution is 9.10. The van der Waals surface area contributed by atoms with Crippen molar-refractivity contribution in [1.82, 2.24) is 9.97 Å². The summed E-state index contributed by atoms with van der Waals surface area (Å²) in [6.07, 6.45) is 1.57. The van der Waals surface area contributed by atoms with Gasteiger partial charge in [-0.05, 0) is 28.8 Å². The molecule has 0 bridgehead atoms. The molecule has 1 aliphatic rings. The third-order valence-corrected chi connectivity index (χ3v) is 4.65. The molecule has 2 rings (SSSR count). The Morgan fingerprint density at radius 2 is 2.00 bits per heavy atom. The van der Waals surface area contributed by atoms with Crippen molar-refractivity contribution < 1.29 is 9.47 Å². The molecule has 6 heteroatoms. The molecule has 1 N–H and O–H groups in total. The van der Waals surface area contributed by atoms with Gasteiger partial charge in [-0.25, -0.2) is 9.97 Å². The first kappa shape index (κ1) is 16.6. The highest BCUT2D eigenvalue weighted by Crippen LogP contribution is 2.37. The second kappa shape index (κ2) is 7.03. The molecule has 1 aromatic heterocycles. The number of hydrogen-bond donors (Lipinski definition) is 1. The Bertz CT molecular complexity index is 488. The number of methoxy groups -OCH3 is 1. The summed E-state index contributed by atoms with van der Waals surface area (Å²) >= 11 is 3.63. The minimum absolute atomic E-state index is 0.312. The van der Waals surface area contributed by atoms with Gasteiger partial charge in [0.2, 0.25) is 0 Å². The van der Waals surface area contributed by atoms with Crippen LogP contribution in [0.1, 0.15) is 51.0 Å². The molecule has 0 unspecified atom stereocenters. The Labute approximate surface area is 135 Å². The Balaban J connectivity index is 2.51. The molecule has 0 aliphatic carbocycles. The van der Waals surface area contributed by atoms with Gasteiger partial charge in [0.25, 0.3) is 0 Å². The van der Waals surface area contributed by atoms with Gasteiger partial charge in [-0.2, -0.15) is 0 Å². The summed E-state index contributed by atoms with van der Waals surface area (Å²) in [5.41, 5.74) is 0.575. The van der Waals surface area contributed by atoms with E-state index in [4.69, 9.17) is 19.4 Å². The summed E-state index contributed by atoms with van der Waals surface area (Å²) in [4.78, 5) is 9.52. The van der Waals surface area contributed by atoms with Crippen molar-refractivity contribution in [3.8, 4) is 0 Å². The van der Waals surface area contributed by atoms with Crippen LogP contribution in [0.5, 0.6) is 0 Å². The van der Waals surface area contributed by atoms with E-state index >= 15 is 0 Å². The fourth-order valence-electron chi connectivity index (χ4n) is 2.56. The second-order valence-electron chi connectivity index (χ2n) is 5.59. The van der Waals surface area contributed by atoms with Crippen molar-refractivity contribution in [1.29, 1.82) is 0 Å². The van der Waals surface area contributed by atoms with E-state index in [0.717, 1.165) is 41.2 Å². The molecule has 21 heavy (non-hydrogen) atoms. The maximum absolute atomic E-state index is 5.82. The fourth-order valence-corrected chi connectivity index (χ4v) is 3.33. The van der Waals surface area contributed by atoms with Gasteiger partial charge in [-0.1, -0.05) is 13.8 Å². The van der Waals surface area contributed by atoms with Crippen LogP contribution in [-0.2, 0) is 15.1 Å². The Morgan fingerprint density at radius 1 is 1.33 bits per heavy atom. The van der Waals surface area contributed by atoms with Gasteiger partial charge < -0.3 is 14.8 Å². The quantitative estimate of drug-likeness (QED) is 0.874. The van der Waals surface area contributed by atoms with Crippen LogP contribution in [-0.4, -0.2) is 36.8 Å². The summed E-state index contributed by atoms with van der Waals surface area (Å²) in [7, 11) is 1.73. The smallest absolute Gasteiger partial charge is 0.163 e. The van der Waals surface area contributed by atoms with Gasteiger partial charge in [0.05, 0.1) is 10.2 Å². The molecule has 1 saturated heterocycles. The molecule has 0 saturated carbocycles. The average molecular weight is 358 g/mol. The summed E-state index contributed by atoms with van der Waals surface area (Å²) in [5, 5.41) is 3.31. The second-order valence-corrected chi connectivity index (χ2v) is 6.38. The van der Waals surface area contributed by atoms with Gasteiger partial charge in [0, 0.05) is 39.7 Å². The largest absolute Gasteiger partial charge is 0.381 e. The van der Waals surface area contributed by atoms with Crippen LogP contribution in [0.4, 0.5) is 5.82 Å². The van der Waals surface area contributed by atoms with E-state index in [1.807, 2.05) is 0 Å². The Kier molecular flexibility index (Phi) is 5.57. The molecule has 0 spiro atoms. The van der Waals surface area contributed by atoms with E-state index in [1.165, 1.54) is 0 Å². The lowest BCUT2D eigenvalue weighted by Crippen LogP contribution is -2.38. The zero-order valence-corrected chi connectivity index (χ0v) is 14.8. The number of ether oxygens (including phenoxy) is 2. The molecule has 5 nitrogen and oxygen atoms in total. The van der Waals surface area contributed by atoms with Gasteiger partial charge in [-0.3, -0.25) is 0 Å². The topological polar surface area (TPSA) is 56.3 Å². The number of anilines is 1. The highest BCUT2D eigenvalue weighted by Gasteiger charge is 2.38. The minimum atomic E-state index is -0.438. The molecular weight excluding hydrogens is 334 g/mol. The van der Waals surface area contributed by atoms with Crippen LogP contribution in [0, 0.1) is 0 Å². The van der Waals surface area contributed by atoms with Crippen molar-refractivity contribution in [3.05, 3.63) is 16.0 Å². The summed E-state index contributed by atoms with van der Waals surface area (Å²) in [6.45, 7) is 8.51. The summed E-state index contributed by atoms with van der Waals surface area (Å²) in [5.74, 6) is 1.91. The molecule has 1 fully saturated rings. The monoisotopic (exact) mass is 357 g/mol. The number of rotatable bonds is 5. The minimum Gasteiger partial charge on any atom is -0.381 e. The lowest BCUT2D eigenvalue weighted by molar-refractivity contribution is -0.100. The maximum Gasteiger partial charge on any atom is 0.163 e. The molecule has 0 aromatic carbocycles.